The van der Waals surface area contributed by atoms with Crippen LogP contribution in [0, 0.1) is 5.82 Å². The van der Waals surface area contributed by atoms with Crippen molar-refractivity contribution in [1.82, 2.24) is 9.62 Å². The van der Waals surface area contributed by atoms with Gasteiger partial charge in [0.15, 0.2) is 0 Å². The van der Waals surface area contributed by atoms with Crippen LogP contribution in [0.25, 0.3) is 0 Å². The molecule has 0 atom stereocenters. The van der Waals surface area contributed by atoms with Gasteiger partial charge in [0.25, 0.3) is 0 Å². The Morgan fingerprint density at radius 1 is 1.35 bits per heavy atom. The van der Waals surface area contributed by atoms with Crippen LogP contribution in [0.15, 0.2) is 27.6 Å². The first-order valence-electron chi connectivity index (χ1n) is 6.12. The fraction of sp³-hybridized carbons (Fsp3) is 0.417. The number of likely N-dealkylation sites (tertiary alicyclic amines) is 1. The predicted molar refractivity (Wildman–Crippen MR) is 75.1 cm³/mol. The minimum absolute atomic E-state index is 0.288. The highest BCUT2D eigenvalue weighted by molar-refractivity contribution is 9.10. The molecule has 1 heterocycles. The Hall–Kier alpha value is -0.990. The molecule has 0 radical (unpaired) electrons. The first-order chi connectivity index (χ1) is 9.40. The minimum atomic E-state index is -4.03. The van der Waals surface area contributed by atoms with Crippen LogP contribution in [-0.4, -0.2) is 38.9 Å². The Labute approximate surface area is 125 Å². The number of hydrogen-bond donors (Lipinski definition) is 1. The molecule has 1 aromatic rings. The standard InChI is InChI=1S/C12H14BrFN2O3S/c13-9-3-4-11(10(14)7-9)20(18,19)15-8-12(17)16-5-1-2-6-16/h3-4,7,15H,1-2,5-6,8H2. The average Bonchev–Trinajstić information content (AvgIpc) is 2.89. The molecule has 0 aromatic heterocycles. The van der Waals surface area contributed by atoms with Crippen LogP contribution in [0.4, 0.5) is 4.39 Å². The van der Waals surface area contributed by atoms with Crippen LogP contribution in [0.5, 0.6) is 0 Å². The van der Waals surface area contributed by atoms with Crippen LogP contribution in [-0.2, 0) is 14.8 Å². The van der Waals surface area contributed by atoms with E-state index in [1.807, 2.05) is 0 Å². The van der Waals surface area contributed by atoms with Crippen molar-refractivity contribution in [3.63, 3.8) is 0 Å². The zero-order valence-electron chi connectivity index (χ0n) is 10.6. The van der Waals surface area contributed by atoms with E-state index in [0.717, 1.165) is 25.0 Å². The average molecular weight is 365 g/mol. The zero-order valence-corrected chi connectivity index (χ0v) is 13.0. The predicted octanol–water partition coefficient (Wildman–Crippen LogP) is 1.49. The van der Waals surface area contributed by atoms with Crippen LogP contribution < -0.4 is 4.72 Å². The SMILES string of the molecule is O=C(CNS(=O)(=O)c1ccc(Br)cc1F)N1CCCC1. The number of rotatable bonds is 4. The lowest BCUT2D eigenvalue weighted by atomic mass is 10.3. The molecule has 0 saturated carbocycles. The molecule has 0 spiro atoms. The largest absolute Gasteiger partial charge is 0.342 e. The van der Waals surface area contributed by atoms with Gasteiger partial charge in [0.1, 0.15) is 10.7 Å². The van der Waals surface area contributed by atoms with E-state index in [0.29, 0.717) is 17.6 Å². The lowest BCUT2D eigenvalue weighted by Gasteiger charge is -2.15. The van der Waals surface area contributed by atoms with Gasteiger partial charge in [-0.3, -0.25) is 4.79 Å². The van der Waals surface area contributed by atoms with Gasteiger partial charge in [0.2, 0.25) is 15.9 Å². The molecule has 0 unspecified atom stereocenters. The summed E-state index contributed by atoms with van der Waals surface area (Å²) in [6.45, 7) is 0.943. The molecule has 20 heavy (non-hydrogen) atoms. The molecule has 1 aromatic carbocycles. The van der Waals surface area contributed by atoms with Crippen molar-refractivity contribution in [3.8, 4) is 0 Å². The van der Waals surface area contributed by atoms with Gasteiger partial charge in [0, 0.05) is 17.6 Å². The Kier molecular flexibility index (Phi) is 4.77. The van der Waals surface area contributed by atoms with Crippen molar-refractivity contribution < 1.29 is 17.6 Å². The van der Waals surface area contributed by atoms with Crippen molar-refractivity contribution in [1.29, 1.82) is 0 Å². The van der Waals surface area contributed by atoms with Gasteiger partial charge in [-0.05, 0) is 31.0 Å². The normalized spacial score (nSPS) is 15.6. The molecule has 0 aliphatic carbocycles. The van der Waals surface area contributed by atoms with Crippen LogP contribution >= 0.6 is 15.9 Å². The summed E-state index contributed by atoms with van der Waals surface area (Å²) in [4.78, 5) is 12.9. The molecule has 1 aliphatic rings. The first-order valence-corrected chi connectivity index (χ1v) is 8.40. The van der Waals surface area contributed by atoms with E-state index in [9.17, 15) is 17.6 Å². The van der Waals surface area contributed by atoms with E-state index in [1.165, 1.54) is 6.07 Å². The van der Waals surface area contributed by atoms with Gasteiger partial charge >= 0.3 is 0 Å². The second-order valence-corrected chi connectivity index (χ2v) is 7.14. The van der Waals surface area contributed by atoms with E-state index in [1.54, 1.807) is 4.90 Å². The number of amides is 1. The number of hydrogen-bond acceptors (Lipinski definition) is 3. The highest BCUT2D eigenvalue weighted by Gasteiger charge is 2.23. The summed E-state index contributed by atoms with van der Waals surface area (Å²) in [7, 11) is -4.03. The highest BCUT2D eigenvalue weighted by atomic mass is 79.9. The summed E-state index contributed by atoms with van der Waals surface area (Å²) in [6.07, 6.45) is 1.86. The van der Waals surface area contributed by atoms with Crippen molar-refractivity contribution in [2.24, 2.45) is 0 Å². The van der Waals surface area contributed by atoms with E-state index < -0.39 is 20.7 Å². The van der Waals surface area contributed by atoms with Gasteiger partial charge in [-0.1, -0.05) is 15.9 Å². The third-order valence-corrected chi connectivity index (χ3v) is 4.98. The summed E-state index contributed by atoms with van der Waals surface area (Å²) in [6, 6.07) is 3.65. The molecule has 1 amide bonds. The molecule has 110 valence electrons. The summed E-state index contributed by atoms with van der Waals surface area (Å²) in [5.41, 5.74) is 0. The van der Waals surface area contributed by atoms with E-state index in [4.69, 9.17) is 0 Å². The fourth-order valence-electron chi connectivity index (χ4n) is 2.01. The van der Waals surface area contributed by atoms with E-state index in [-0.39, 0.29) is 12.5 Å². The Balaban J connectivity index is 2.05. The smallest absolute Gasteiger partial charge is 0.243 e. The Morgan fingerprint density at radius 3 is 2.60 bits per heavy atom. The van der Waals surface area contributed by atoms with Gasteiger partial charge in [0.05, 0.1) is 6.54 Å². The lowest BCUT2D eigenvalue weighted by Crippen LogP contribution is -2.38. The van der Waals surface area contributed by atoms with Crippen LogP contribution in [0.2, 0.25) is 0 Å². The minimum Gasteiger partial charge on any atom is -0.342 e. The van der Waals surface area contributed by atoms with E-state index in [2.05, 4.69) is 20.7 Å². The first kappa shape index (κ1) is 15.4. The van der Waals surface area contributed by atoms with Crippen molar-refractivity contribution >= 4 is 31.9 Å². The van der Waals surface area contributed by atoms with Crippen LogP contribution in [0.3, 0.4) is 0 Å². The number of carbonyl (C=O) groups is 1. The topological polar surface area (TPSA) is 66.5 Å². The number of nitrogens with one attached hydrogen (secondary N) is 1. The maximum absolute atomic E-state index is 13.6. The Morgan fingerprint density at radius 2 is 2.00 bits per heavy atom. The van der Waals surface area contributed by atoms with Gasteiger partial charge in [-0.25, -0.2) is 17.5 Å². The molecule has 1 N–H and O–H groups in total. The molecule has 1 aliphatic heterocycles. The second kappa shape index (κ2) is 6.19. The van der Waals surface area contributed by atoms with Crippen molar-refractivity contribution in [2.75, 3.05) is 19.6 Å². The molecule has 1 saturated heterocycles. The second-order valence-electron chi connectivity index (χ2n) is 4.49. The zero-order chi connectivity index (χ0) is 14.8. The number of halogens is 2. The number of nitrogens with zero attached hydrogens (tertiary/aromatic N) is 1. The molecule has 5 nitrogen and oxygen atoms in total. The molecule has 1 fully saturated rings. The number of benzene rings is 1. The van der Waals surface area contributed by atoms with Gasteiger partial charge < -0.3 is 4.90 Å². The van der Waals surface area contributed by atoms with Crippen LogP contribution in [0.1, 0.15) is 12.8 Å². The summed E-state index contributed by atoms with van der Waals surface area (Å²) < 4.78 is 40.1. The number of carbonyl (C=O) groups excluding carboxylic acids is 1. The van der Waals surface area contributed by atoms with E-state index >= 15 is 0 Å². The van der Waals surface area contributed by atoms with Crippen molar-refractivity contribution in [3.05, 3.63) is 28.5 Å². The maximum Gasteiger partial charge on any atom is 0.243 e. The lowest BCUT2D eigenvalue weighted by molar-refractivity contribution is -0.128. The molecule has 8 heteroatoms. The Bertz CT molecular complexity index is 615. The number of sulfonamides is 1. The fourth-order valence-corrected chi connectivity index (χ4v) is 3.37. The molecular weight excluding hydrogens is 351 g/mol. The highest BCUT2D eigenvalue weighted by Crippen LogP contribution is 2.19. The summed E-state index contributed by atoms with van der Waals surface area (Å²) in [5.74, 6) is -1.15. The maximum atomic E-state index is 13.6. The summed E-state index contributed by atoms with van der Waals surface area (Å²) in [5, 5.41) is 0. The monoisotopic (exact) mass is 364 g/mol. The van der Waals surface area contributed by atoms with Crippen molar-refractivity contribution in [2.45, 2.75) is 17.7 Å². The summed E-state index contributed by atoms with van der Waals surface area (Å²) >= 11 is 3.05. The third-order valence-electron chi connectivity index (χ3n) is 3.06. The quantitative estimate of drug-likeness (QED) is 0.879. The molecule has 0 bridgehead atoms. The van der Waals surface area contributed by atoms with Gasteiger partial charge in [-0.15, -0.1) is 0 Å². The van der Waals surface area contributed by atoms with Gasteiger partial charge in [-0.2, -0.15) is 0 Å². The third kappa shape index (κ3) is 3.56. The molecule has 2 rings (SSSR count). The molecular formula is C12H14BrFN2O3S.